The zero-order valence-corrected chi connectivity index (χ0v) is 11.7. The van der Waals surface area contributed by atoms with E-state index in [0.717, 1.165) is 10.1 Å². The van der Waals surface area contributed by atoms with Gasteiger partial charge in [0.05, 0.1) is 4.47 Å². The summed E-state index contributed by atoms with van der Waals surface area (Å²) in [5.41, 5.74) is 7.48. The highest BCUT2D eigenvalue weighted by Gasteiger charge is 2.16. The van der Waals surface area contributed by atoms with Crippen LogP contribution in [0.5, 0.6) is 0 Å². The quantitative estimate of drug-likeness (QED) is 0.723. The molecule has 0 aromatic carbocycles. The van der Waals surface area contributed by atoms with Gasteiger partial charge in [0.2, 0.25) is 0 Å². The summed E-state index contributed by atoms with van der Waals surface area (Å²) in [4.78, 5) is 4.44. The normalized spacial score (nSPS) is 11.2. The van der Waals surface area contributed by atoms with Gasteiger partial charge in [-0.05, 0) is 44.0 Å². The van der Waals surface area contributed by atoms with Crippen LogP contribution in [0.4, 0.5) is 5.82 Å². The molecule has 0 saturated heterocycles. The number of anilines is 1. The molecule has 0 aliphatic rings. The van der Waals surface area contributed by atoms with Crippen molar-refractivity contribution < 1.29 is 4.42 Å². The molecule has 0 bridgehead atoms. The lowest BCUT2D eigenvalue weighted by Gasteiger charge is -1.94. The van der Waals surface area contributed by atoms with Gasteiger partial charge >= 0.3 is 0 Å². The Balaban J connectivity index is 2.27. The predicted octanol–water partition coefficient (Wildman–Crippen LogP) is 3.70. The number of halogens is 2. The highest BCUT2D eigenvalue weighted by Crippen LogP contribution is 2.34. The van der Waals surface area contributed by atoms with Gasteiger partial charge in [0.1, 0.15) is 17.2 Å². The lowest BCUT2D eigenvalue weighted by Crippen LogP contribution is -1.92. The first-order chi connectivity index (χ1) is 8.16. The molecular weight excluding hydrogens is 350 g/mol. The van der Waals surface area contributed by atoms with Crippen LogP contribution in [-0.2, 0) is 0 Å². The van der Waals surface area contributed by atoms with Crippen molar-refractivity contribution in [3.8, 4) is 11.5 Å². The molecule has 3 aromatic rings. The second kappa shape index (κ2) is 3.89. The van der Waals surface area contributed by atoms with Crippen LogP contribution in [0.1, 0.15) is 0 Å². The smallest absolute Gasteiger partial charge is 0.184 e. The molecule has 0 saturated carbocycles. The van der Waals surface area contributed by atoms with Crippen LogP contribution in [-0.4, -0.2) is 9.38 Å². The van der Waals surface area contributed by atoms with E-state index in [1.54, 1.807) is 0 Å². The fraction of sp³-hybridized carbons (Fsp3) is 0. The number of aromatic nitrogens is 2. The lowest BCUT2D eigenvalue weighted by atomic mass is 10.3. The molecule has 4 nitrogen and oxygen atoms in total. The summed E-state index contributed by atoms with van der Waals surface area (Å²) in [5, 5.41) is 0. The molecule has 0 atom stereocenters. The Bertz CT molecular complexity index is 682. The van der Waals surface area contributed by atoms with Gasteiger partial charge in [-0.15, -0.1) is 0 Å². The number of fused-ring (bicyclic) bond motifs is 1. The van der Waals surface area contributed by atoms with E-state index in [4.69, 9.17) is 10.2 Å². The average molecular weight is 357 g/mol. The summed E-state index contributed by atoms with van der Waals surface area (Å²) in [6.07, 6.45) is 1.87. The standard InChI is InChI=1S/C11H7Br2N3O/c12-6-5-7(17-10(6)13)9-11(14)16-4-2-1-3-8(16)15-9/h1-5H,14H2. The van der Waals surface area contributed by atoms with E-state index in [0.29, 0.717) is 21.9 Å². The molecule has 86 valence electrons. The summed E-state index contributed by atoms with van der Waals surface area (Å²) >= 11 is 6.66. The lowest BCUT2D eigenvalue weighted by molar-refractivity contribution is 0.552. The van der Waals surface area contributed by atoms with Crippen molar-refractivity contribution in [1.29, 1.82) is 0 Å². The molecule has 0 unspecified atom stereocenters. The summed E-state index contributed by atoms with van der Waals surface area (Å²) in [5.74, 6) is 1.19. The van der Waals surface area contributed by atoms with Gasteiger partial charge in [0, 0.05) is 12.3 Å². The molecule has 0 aliphatic carbocycles. The molecule has 3 rings (SSSR count). The molecule has 0 fully saturated rings. The highest BCUT2D eigenvalue weighted by atomic mass is 79.9. The Hall–Kier alpha value is -1.27. The average Bonchev–Trinajstić information content (AvgIpc) is 2.82. The van der Waals surface area contributed by atoms with E-state index in [1.165, 1.54) is 0 Å². The first-order valence-corrected chi connectivity index (χ1v) is 6.43. The molecular formula is C11H7Br2N3O. The summed E-state index contributed by atoms with van der Waals surface area (Å²) < 4.78 is 8.81. The number of nitrogen functional groups attached to an aromatic ring is 1. The van der Waals surface area contributed by atoms with Crippen molar-refractivity contribution in [3.63, 3.8) is 0 Å². The van der Waals surface area contributed by atoms with E-state index in [-0.39, 0.29) is 0 Å². The minimum atomic E-state index is 0.564. The van der Waals surface area contributed by atoms with Crippen LogP contribution >= 0.6 is 31.9 Å². The van der Waals surface area contributed by atoms with Crippen molar-refractivity contribution in [2.24, 2.45) is 0 Å². The van der Waals surface area contributed by atoms with Gasteiger partial charge in [-0.2, -0.15) is 0 Å². The third kappa shape index (κ3) is 1.68. The van der Waals surface area contributed by atoms with Gasteiger partial charge in [-0.1, -0.05) is 6.07 Å². The number of rotatable bonds is 1. The van der Waals surface area contributed by atoms with Crippen molar-refractivity contribution in [2.45, 2.75) is 0 Å². The van der Waals surface area contributed by atoms with Crippen LogP contribution in [0.25, 0.3) is 17.1 Å². The largest absolute Gasteiger partial charge is 0.446 e. The van der Waals surface area contributed by atoms with Crippen LogP contribution in [0.15, 0.2) is 44.0 Å². The third-order valence-corrected chi connectivity index (χ3v) is 4.16. The maximum Gasteiger partial charge on any atom is 0.184 e. The van der Waals surface area contributed by atoms with E-state index in [2.05, 4.69) is 36.8 Å². The van der Waals surface area contributed by atoms with Crippen LogP contribution in [0, 0.1) is 0 Å². The van der Waals surface area contributed by atoms with Crippen molar-refractivity contribution in [2.75, 3.05) is 5.73 Å². The maximum atomic E-state index is 6.04. The predicted molar refractivity (Wildman–Crippen MR) is 72.7 cm³/mol. The summed E-state index contributed by atoms with van der Waals surface area (Å²) in [7, 11) is 0. The molecule has 3 aromatic heterocycles. The molecule has 0 amide bonds. The summed E-state index contributed by atoms with van der Waals surface area (Å²) in [6, 6.07) is 7.55. The molecule has 2 N–H and O–H groups in total. The minimum Gasteiger partial charge on any atom is -0.446 e. The number of hydrogen-bond donors (Lipinski definition) is 1. The van der Waals surface area contributed by atoms with E-state index >= 15 is 0 Å². The van der Waals surface area contributed by atoms with Crippen molar-refractivity contribution in [3.05, 3.63) is 39.6 Å². The topological polar surface area (TPSA) is 56.5 Å². The van der Waals surface area contributed by atoms with Crippen LogP contribution in [0.3, 0.4) is 0 Å². The monoisotopic (exact) mass is 355 g/mol. The highest BCUT2D eigenvalue weighted by molar-refractivity contribution is 9.13. The van der Waals surface area contributed by atoms with Gasteiger partial charge < -0.3 is 10.2 Å². The van der Waals surface area contributed by atoms with Gasteiger partial charge in [-0.25, -0.2) is 4.98 Å². The Morgan fingerprint density at radius 1 is 1.29 bits per heavy atom. The molecule has 3 heterocycles. The van der Waals surface area contributed by atoms with Crippen LogP contribution < -0.4 is 5.73 Å². The van der Waals surface area contributed by atoms with Crippen molar-refractivity contribution in [1.82, 2.24) is 9.38 Å². The fourth-order valence-corrected chi connectivity index (χ4v) is 2.24. The SMILES string of the molecule is Nc1c(-c2cc(Br)c(Br)o2)nc2ccccn12. The molecule has 17 heavy (non-hydrogen) atoms. The maximum absolute atomic E-state index is 6.04. The first kappa shape index (κ1) is 10.9. The zero-order chi connectivity index (χ0) is 12.0. The second-order valence-electron chi connectivity index (χ2n) is 3.51. The third-order valence-electron chi connectivity index (χ3n) is 2.45. The number of pyridine rings is 1. The number of imidazole rings is 1. The Kier molecular flexibility index (Phi) is 2.48. The second-order valence-corrected chi connectivity index (χ2v) is 5.08. The van der Waals surface area contributed by atoms with E-state index < -0.39 is 0 Å². The molecule has 6 heteroatoms. The van der Waals surface area contributed by atoms with E-state index in [9.17, 15) is 0 Å². The Labute approximate surface area is 114 Å². The Morgan fingerprint density at radius 2 is 2.12 bits per heavy atom. The molecule has 0 radical (unpaired) electrons. The zero-order valence-electron chi connectivity index (χ0n) is 8.52. The van der Waals surface area contributed by atoms with Gasteiger partial charge in [-0.3, -0.25) is 4.40 Å². The van der Waals surface area contributed by atoms with E-state index in [1.807, 2.05) is 34.9 Å². The molecule has 0 aliphatic heterocycles. The summed E-state index contributed by atoms with van der Waals surface area (Å²) in [6.45, 7) is 0. The minimum absolute atomic E-state index is 0.564. The first-order valence-electron chi connectivity index (χ1n) is 4.84. The Morgan fingerprint density at radius 3 is 2.76 bits per heavy atom. The number of nitrogens with two attached hydrogens (primary N) is 1. The van der Waals surface area contributed by atoms with Crippen molar-refractivity contribution >= 4 is 43.3 Å². The van der Waals surface area contributed by atoms with Crippen LogP contribution in [0.2, 0.25) is 0 Å². The fourth-order valence-electron chi connectivity index (χ4n) is 1.66. The molecule has 0 spiro atoms. The van der Waals surface area contributed by atoms with Gasteiger partial charge in [0.25, 0.3) is 0 Å². The van der Waals surface area contributed by atoms with Gasteiger partial charge in [0.15, 0.2) is 10.4 Å². The number of nitrogens with zero attached hydrogens (tertiary/aromatic N) is 2. The number of furan rings is 1. The number of hydrogen-bond acceptors (Lipinski definition) is 3.